The smallest absolute Gasteiger partial charge is 0.244 e. The van der Waals surface area contributed by atoms with Crippen LogP contribution in [0.15, 0.2) is 12.3 Å². The second kappa shape index (κ2) is 7.46. The van der Waals surface area contributed by atoms with Gasteiger partial charge in [0, 0.05) is 55.2 Å². The van der Waals surface area contributed by atoms with Gasteiger partial charge in [0.15, 0.2) is 0 Å². The lowest BCUT2D eigenvalue weighted by Crippen LogP contribution is -2.37. The average Bonchev–Trinajstić information content (AvgIpc) is 3.34. The van der Waals surface area contributed by atoms with E-state index in [4.69, 9.17) is 0 Å². The van der Waals surface area contributed by atoms with E-state index in [-0.39, 0.29) is 5.91 Å². The third-order valence-corrected chi connectivity index (χ3v) is 6.04. The predicted molar refractivity (Wildman–Crippen MR) is 103 cm³/mol. The fraction of sp³-hybridized carbons (Fsp3) is 0.650. The average molecular weight is 371 g/mol. The molecule has 1 saturated carbocycles. The van der Waals surface area contributed by atoms with E-state index in [1.165, 1.54) is 17.7 Å². The topological polar surface area (TPSA) is 68.0 Å². The van der Waals surface area contributed by atoms with Gasteiger partial charge in [0.1, 0.15) is 6.54 Å². The maximum absolute atomic E-state index is 13.2. The Morgan fingerprint density at radius 3 is 2.78 bits per heavy atom. The quantitative estimate of drug-likeness (QED) is 0.843. The Kier molecular flexibility index (Phi) is 5.04. The molecule has 2 aliphatic rings. The van der Waals surface area contributed by atoms with Crippen LogP contribution >= 0.6 is 0 Å². The highest BCUT2D eigenvalue weighted by atomic mass is 16.2. The minimum atomic E-state index is 0.161. The number of nitrogens with one attached hydrogen (secondary N) is 1. The number of piperidine rings is 1. The summed E-state index contributed by atoms with van der Waals surface area (Å²) >= 11 is 0. The highest BCUT2D eigenvalue weighted by molar-refractivity contribution is 5.76. The summed E-state index contributed by atoms with van der Waals surface area (Å²) in [6.45, 7) is 7.14. The van der Waals surface area contributed by atoms with Crippen molar-refractivity contribution in [2.45, 2.75) is 64.6 Å². The van der Waals surface area contributed by atoms with Gasteiger partial charge in [-0.15, -0.1) is 0 Å². The summed E-state index contributed by atoms with van der Waals surface area (Å²) in [6, 6.07) is 2.44. The Morgan fingerprint density at radius 2 is 2.15 bits per heavy atom. The van der Waals surface area contributed by atoms with Gasteiger partial charge in [-0.25, -0.2) is 0 Å². The summed E-state index contributed by atoms with van der Waals surface area (Å²) in [4.78, 5) is 15.2. The van der Waals surface area contributed by atoms with Crippen LogP contribution in [0.5, 0.6) is 0 Å². The molecule has 0 radical (unpaired) electrons. The van der Waals surface area contributed by atoms with Crippen molar-refractivity contribution in [3.63, 3.8) is 0 Å². The normalized spacial score (nSPS) is 20.0. The third kappa shape index (κ3) is 3.78. The van der Waals surface area contributed by atoms with Gasteiger partial charge in [-0.3, -0.25) is 14.2 Å². The molecule has 2 aromatic heterocycles. The molecular formula is C20H30N6O. The first-order valence-electron chi connectivity index (χ1n) is 10.1. The fourth-order valence-corrected chi connectivity index (χ4v) is 4.17. The zero-order valence-corrected chi connectivity index (χ0v) is 16.6. The predicted octanol–water partition coefficient (Wildman–Crippen LogP) is 1.89. The number of hydrogen-bond donors (Lipinski definition) is 1. The summed E-state index contributed by atoms with van der Waals surface area (Å²) < 4.78 is 3.82. The minimum Gasteiger partial charge on any atom is -0.334 e. The van der Waals surface area contributed by atoms with Crippen molar-refractivity contribution in [1.82, 2.24) is 29.8 Å². The van der Waals surface area contributed by atoms with Crippen molar-refractivity contribution in [2.75, 3.05) is 13.1 Å². The maximum Gasteiger partial charge on any atom is 0.244 e. The van der Waals surface area contributed by atoms with Crippen molar-refractivity contribution >= 4 is 5.91 Å². The number of aromatic nitrogens is 4. The number of aryl methyl sites for hydroxylation is 2. The molecule has 0 aromatic carbocycles. The van der Waals surface area contributed by atoms with Crippen molar-refractivity contribution in [3.8, 4) is 0 Å². The van der Waals surface area contributed by atoms with Gasteiger partial charge < -0.3 is 10.2 Å². The second-order valence-electron chi connectivity index (χ2n) is 7.98. The Hall–Kier alpha value is -2.15. The Bertz CT molecular complexity index is 813. The highest BCUT2D eigenvalue weighted by Gasteiger charge is 2.34. The molecule has 1 N–H and O–H groups in total. The Balaban J connectivity index is 1.50. The van der Waals surface area contributed by atoms with E-state index in [2.05, 4.69) is 28.5 Å². The number of rotatable bonds is 6. The van der Waals surface area contributed by atoms with Crippen LogP contribution in [0.2, 0.25) is 0 Å². The third-order valence-electron chi connectivity index (χ3n) is 6.04. The molecule has 2 fully saturated rings. The Morgan fingerprint density at radius 1 is 1.33 bits per heavy atom. The fourth-order valence-electron chi connectivity index (χ4n) is 4.17. The lowest BCUT2D eigenvalue weighted by Gasteiger charge is -2.26. The van der Waals surface area contributed by atoms with Gasteiger partial charge in [-0.1, -0.05) is 0 Å². The standard InChI is InChI=1S/C20H30N6O/c1-14-18(15(2)24(3)23-14)12-25(17-6-7-17)20(27)13-26-19(8-10-22-26)16-5-4-9-21-11-16/h8,10,16-17,21H,4-7,9,11-13H2,1-3H3. The molecule has 3 heterocycles. The largest absolute Gasteiger partial charge is 0.334 e. The van der Waals surface area contributed by atoms with Crippen LogP contribution in [0.1, 0.15) is 54.2 Å². The van der Waals surface area contributed by atoms with Gasteiger partial charge in [-0.05, 0) is 52.1 Å². The SMILES string of the molecule is Cc1nn(C)c(C)c1CN(C(=O)Cn1nccc1C1CCCNC1)C1CC1. The van der Waals surface area contributed by atoms with Crippen LogP contribution in [0.25, 0.3) is 0 Å². The van der Waals surface area contributed by atoms with E-state index in [0.29, 0.717) is 25.0 Å². The van der Waals surface area contributed by atoms with Gasteiger partial charge >= 0.3 is 0 Å². The van der Waals surface area contributed by atoms with Gasteiger partial charge in [0.25, 0.3) is 0 Å². The zero-order chi connectivity index (χ0) is 19.0. The van der Waals surface area contributed by atoms with Crippen LogP contribution in [0, 0.1) is 13.8 Å². The lowest BCUT2D eigenvalue weighted by molar-refractivity contribution is -0.133. The number of carbonyl (C=O) groups excluding carboxylic acids is 1. The molecule has 7 nitrogen and oxygen atoms in total. The van der Waals surface area contributed by atoms with E-state index in [1.54, 1.807) is 0 Å². The molecule has 27 heavy (non-hydrogen) atoms. The molecule has 146 valence electrons. The number of amides is 1. The molecule has 1 aliphatic carbocycles. The molecule has 4 rings (SSSR count). The van der Waals surface area contributed by atoms with Crippen LogP contribution in [0.4, 0.5) is 0 Å². The first-order chi connectivity index (χ1) is 13.0. The molecule has 1 unspecified atom stereocenters. The van der Waals surface area contributed by atoms with E-state index < -0.39 is 0 Å². The van der Waals surface area contributed by atoms with Crippen molar-refractivity contribution < 1.29 is 4.79 Å². The van der Waals surface area contributed by atoms with Crippen molar-refractivity contribution in [3.05, 3.63) is 34.9 Å². The first kappa shape index (κ1) is 18.2. The second-order valence-corrected chi connectivity index (χ2v) is 7.98. The molecule has 1 aliphatic heterocycles. The van der Waals surface area contributed by atoms with Crippen LogP contribution in [-0.4, -0.2) is 49.5 Å². The summed E-state index contributed by atoms with van der Waals surface area (Å²) in [6.07, 6.45) is 6.37. The molecule has 2 aromatic rings. The summed E-state index contributed by atoms with van der Waals surface area (Å²) in [5.41, 5.74) is 4.51. The van der Waals surface area contributed by atoms with E-state index in [0.717, 1.165) is 43.7 Å². The molecule has 0 bridgehead atoms. The van der Waals surface area contributed by atoms with Gasteiger partial charge in [0.2, 0.25) is 5.91 Å². The van der Waals surface area contributed by atoms with Crippen LogP contribution in [0.3, 0.4) is 0 Å². The Labute approximate surface area is 160 Å². The molecular weight excluding hydrogens is 340 g/mol. The monoisotopic (exact) mass is 370 g/mol. The van der Waals surface area contributed by atoms with E-state index in [1.807, 2.05) is 34.4 Å². The summed E-state index contributed by atoms with van der Waals surface area (Å²) in [5.74, 6) is 0.611. The minimum absolute atomic E-state index is 0.161. The van der Waals surface area contributed by atoms with Crippen LogP contribution in [-0.2, 0) is 24.9 Å². The molecule has 1 atom stereocenters. The molecule has 0 spiro atoms. The number of nitrogens with zero attached hydrogens (tertiary/aromatic N) is 5. The zero-order valence-electron chi connectivity index (χ0n) is 16.6. The van der Waals surface area contributed by atoms with Crippen molar-refractivity contribution in [2.24, 2.45) is 7.05 Å². The maximum atomic E-state index is 13.2. The molecule has 1 amide bonds. The molecule has 7 heteroatoms. The summed E-state index contributed by atoms with van der Waals surface area (Å²) in [7, 11) is 1.96. The van der Waals surface area contributed by atoms with E-state index in [9.17, 15) is 4.79 Å². The molecule has 1 saturated heterocycles. The first-order valence-corrected chi connectivity index (χ1v) is 10.1. The van der Waals surface area contributed by atoms with E-state index >= 15 is 0 Å². The van der Waals surface area contributed by atoms with Gasteiger partial charge in [0.05, 0.1) is 5.69 Å². The lowest BCUT2D eigenvalue weighted by atomic mass is 9.96. The summed E-state index contributed by atoms with van der Waals surface area (Å²) in [5, 5.41) is 12.4. The highest BCUT2D eigenvalue weighted by Crippen LogP contribution is 2.30. The van der Waals surface area contributed by atoms with Crippen LogP contribution < -0.4 is 5.32 Å². The number of hydrogen-bond acceptors (Lipinski definition) is 4. The number of carbonyl (C=O) groups is 1. The van der Waals surface area contributed by atoms with Gasteiger partial charge in [-0.2, -0.15) is 10.2 Å². The van der Waals surface area contributed by atoms with Crippen molar-refractivity contribution in [1.29, 1.82) is 0 Å².